The Hall–Kier alpha value is -0.560. The van der Waals surface area contributed by atoms with Crippen molar-refractivity contribution in [2.24, 2.45) is 11.8 Å². The van der Waals surface area contributed by atoms with Crippen LogP contribution in [0.1, 0.15) is 245 Å². The number of unbranched alkanes of at least 4 members (excludes halogenated alkanes) is 13. The zero-order chi connectivity index (χ0) is 33.9. The normalized spacial score (nSPS) is 16.8. The van der Waals surface area contributed by atoms with Crippen LogP contribution in [0, 0.1) is 11.8 Å². The standard InChI is InChI=1S/C46H89N/c1-5-7-8-9-22-29-36-45(6-2)41-43(3)34-27-20-18-25-32-39-47-40-33-26-19-21-28-35-44(4)42-46-37-30-23-16-14-12-10-11-13-15-17-24-31-38-46/h45-47H,3-42H2,1-2H3. The van der Waals surface area contributed by atoms with Crippen molar-refractivity contribution < 1.29 is 0 Å². The Kier molecular flexibility index (Phi) is 33.4. The number of rotatable bonds is 28. The SMILES string of the molecule is C=C(CCCCCCCNCCCCCCCC(=C)CC1CCCCCCCCCCCCCC1)CC(CC)CCCCCCCC. The Morgan fingerprint density at radius 3 is 1.45 bits per heavy atom. The zero-order valence-corrected chi connectivity index (χ0v) is 32.9. The van der Waals surface area contributed by atoms with Crippen LogP contribution >= 0.6 is 0 Å². The monoisotopic (exact) mass is 656 g/mol. The van der Waals surface area contributed by atoms with Gasteiger partial charge in [0.15, 0.2) is 0 Å². The van der Waals surface area contributed by atoms with Gasteiger partial charge in [-0.15, -0.1) is 0 Å². The Bertz CT molecular complexity index is 648. The van der Waals surface area contributed by atoms with Crippen LogP contribution in [0.5, 0.6) is 0 Å². The van der Waals surface area contributed by atoms with Crippen molar-refractivity contribution in [1.82, 2.24) is 5.32 Å². The van der Waals surface area contributed by atoms with Crippen molar-refractivity contribution in [3.8, 4) is 0 Å². The Balaban J connectivity index is 1.92. The summed E-state index contributed by atoms with van der Waals surface area (Å²) >= 11 is 0. The van der Waals surface area contributed by atoms with Gasteiger partial charge in [-0.25, -0.2) is 0 Å². The van der Waals surface area contributed by atoms with Crippen molar-refractivity contribution in [3.63, 3.8) is 0 Å². The van der Waals surface area contributed by atoms with Crippen molar-refractivity contribution in [2.75, 3.05) is 13.1 Å². The molecule has 0 aliphatic heterocycles. The van der Waals surface area contributed by atoms with E-state index in [0.29, 0.717) is 0 Å². The molecule has 1 aliphatic carbocycles. The molecule has 1 nitrogen and oxygen atoms in total. The van der Waals surface area contributed by atoms with Gasteiger partial charge < -0.3 is 5.32 Å². The van der Waals surface area contributed by atoms with E-state index in [1.807, 2.05) is 0 Å². The molecule has 0 bridgehead atoms. The number of allylic oxidation sites excluding steroid dienone is 2. The molecule has 0 saturated heterocycles. The quantitative estimate of drug-likeness (QED) is 0.0653. The summed E-state index contributed by atoms with van der Waals surface area (Å²) < 4.78 is 0. The van der Waals surface area contributed by atoms with Gasteiger partial charge in [0, 0.05) is 0 Å². The maximum Gasteiger partial charge on any atom is -0.00489 e. The first-order valence-corrected chi connectivity index (χ1v) is 22.2. The molecule has 1 atom stereocenters. The van der Waals surface area contributed by atoms with E-state index in [0.717, 1.165) is 11.8 Å². The maximum absolute atomic E-state index is 4.54. The number of nitrogens with one attached hydrogen (secondary N) is 1. The fraction of sp³-hybridized carbons (Fsp3) is 0.913. The van der Waals surface area contributed by atoms with Gasteiger partial charge in [-0.2, -0.15) is 0 Å². The van der Waals surface area contributed by atoms with Crippen LogP contribution < -0.4 is 5.32 Å². The van der Waals surface area contributed by atoms with Gasteiger partial charge in [0.05, 0.1) is 0 Å². The molecule has 1 unspecified atom stereocenters. The first-order valence-electron chi connectivity index (χ1n) is 22.2. The molecule has 0 aromatic heterocycles. The van der Waals surface area contributed by atoms with Crippen molar-refractivity contribution >= 4 is 0 Å². The summed E-state index contributed by atoms with van der Waals surface area (Å²) in [6, 6.07) is 0. The lowest BCUT2D eigenvalue weighted by molar-refractivity contribution is 0.397. The summed E-state index contributed by atoms with van der Waals surface area (Å²) in [6.07, 6.45) is 50.8. The summed E-state index contributed by atoms with van der Waals surface area (Å²) in [4.78, 5) is 0. The lowest BCUT2D eigenvalue weighted by atomic mass is 9.87. The van der Waals surface area contributed by atoms with E-state index in [2.05, 4.69) is 32.3 Å². The van der Waals surface area contributed by atoms with Crippen LogP contribution in [-0.2, 0) is 0 Å². The predicted molar refractivity (Wildman–Crippen MR) is 216 cm³/mol. The third-order valence-electron chi connectivity index (χ3n) is 11.4. The van der Waals surface area contributed by atoms with Crippen molar-refractivity contribution in [3.05, 3.63) is 24.3 Å². The second kappa shape index (κ2) is 35.3. The first-order chi connectivity index (χ1) is 23.2. The second-order valence-corrected chi connectivity index (χ2v) is 16.2. The van der Waals surface area contributed by atoms with Gasteiger partial charge in [0.25, 0.3) is 0 Å². The molecule has 278 valence electrons. The summed E-state index contributed by atoms with van der Waals surface area (Å²) in [7, 11) is 0. The molecule has 1 N–H and O–H groups in total. The summed E-state index contributed by atoms with van der Waals surface area (Å²) in [5.41, 5.74) is 3.08. The molecule has 0 heterocycles. The third kappa shape index (κ3) is 31.2. The fourth-order valence-corrected chi connectivity index (χ4v) is 8.10. The topological polar surface area (TPSA) is 12.0 Å². The highest BCUT2D eigenvalue weighted by molar-refractivity contribution is 4.96. The molecule has 1 rings (SSSR count). The second-order valence-electron chi connectivity index (χ2n) is 16.2. The van der Waals surface area contributed by atoms with Crippen LogP contribution in [0.25, 0.3) is 0 Å². The van der Waals surface area contributed by atoms with Crippen LogP contribution in [0.2, 0.25) is 0 Å². The number of hydrogen-bond acceptors (Lipinski definition) is 1. The summed E-state index contributed by atoms with van der Waals surface area (Å²) in [5.74, 6) is 1.80. The summed E-state index contributed by atoms with van der Waals surface area (Å²) in [5, 5.41) is 3.71. The van der Waals surface area contributed by atoms with Crippen molar-refractivity contribution in [1.29, 1.82) is 0 Å². The van der Waals surface area contributed by atoms with Crippen LogP contribution in [0.3, 0.4) is 0 Å². The molecular formula is C46H89N. The van der Waals surface area contributed by atoms with E-state index < -0.39 is 0 Å². The van der Waals surface area contributed by atoms with Gasteiger partial charge in [0.1, 0.15) is 0 Å². The largest absolute Gasteiger partial charge is 0.317 e. The minimum atomic E-state index is 0.883. The molecule has 0 radical (unpaired) electrons. The van der Waals surface area contributed by atoms with Gasteiger partial charge in [0.2, 0.25) is 0 Å². The maximum atomic E-state index is 4.54. The third-order valence-corrected chi connectivity index (χ3v) is 11.4. The molecular weight excluding hydrogens is 567 g/mol. The fourth-order valence-electron chi connectivity index (χ4n) is 8.10. The Morgan fingerprint density at radius 2 is 0.936 bits per heavy atom. The molecule has 0 aromatic carbocycles. The highest BCUT2D eigenvalue weighted by Gasteiger charge is 2.11. The van der Waals surface area contributed by atoms with Crippen molar-refractivity contribution in [2.45, 2.75) is 245 Å². The van der Waals surface area contributed by atoms with Gasteiger partial charge in [-0.3, -0.25) is 0 Å². The van der Waals surface area contributed by atoms with Crippen LogP contribution in [0.15, 0.2) is 24.3 Å². The molecule has 1 saturated carbocycles. The molecule has 1 fully saturated rings. The summed E-state index contributed by atoms with van der Waals surface area (Å²) in [6.45, 7) is 16.1. The highest BCUT2D eigenvalue weighted by atomic mass is 14.8. The zero-order valence-electron chi connectivity index (χ0n) is 32.9. The lowest BCUT2D eigenvalue weighted by Gasteiger charge is -2.18. The van der Waals surface area contributed by atoms with Crippen LogP contribution in [-0.4, -0.2) is 13.1 Å². The van der Waals surface area contributed by atoms with E-state index in [9.17, 15) is 0 Å². The lowest BCUT2D eigenvalue weighted by Crippen LogP contribution is -2.16. The Morgan fingerprint density at radius 1 is 0.511 bits per heavy atom. The molecule has 1 heteroatoms. The minimum absolute atomic E-state index is 0.883. The average Bonchev–Trinajstić information content (AvgIpc) is 3.08. The van der Waals surface area contributed by atoms with E-state index >= 15 is 0 Å². The molecule has 0 amide bonds. The van der Waals surface area contributed by atoms with E-state index in [-0.39, 0.29) is 0 Å². The molecule has 1 aliphatic rings. The van der Waals surface area contributed by atoms with E-state index in [1.165, 1.54) is 250 Å². The molecule has 0 spiro atoms. The average molecular weight is 656 g/mol. The smallest absolute Gasteiger partial charge is 0.00489 e. The van der Waals surface area contributed by atoms with Crippen LogP contribution in [0.4, 0.5) is 0 Å². The van der Waals surface area contributed by atoms with E-state index in [1.54, 1.807) is 5.57 Å². The predicted octanol–water partition coefficient (Wildman–Crippen LogP) is 16.0. The minimum Gasteiger partial charge on any atom is -0.317 e. The van der Waals surface area contributed by atoms with Gasteiger partial charge in [-0.05, 0) is 76.3 Å². The van der Waals surface area contributed by atoms with Gasteiger partial charge >= 0.3 is 0 Å². The number of hydrogen-bond donors (Lipinski definition) is 1. The highest BCUT2D eigenvalue weighted by Crippen LogP contribution is 2.28. The first kappa shape index (κ1) is 44.5. The Labute approximate surface area is 298 Å². The molecule has 47 heavy (non-hydrogen) atoms. The van der Waals surface area contributed by atoms with E-state index in [4.69, 9.17) is 0 Å². The van der Waals surface area contributed by atoms with Gasteiger partial charge in [-0.1, -0.05) is 218 Å². The molecule has 0 aromatic rings.